The van der Waals surface area contributed by atoms with E-state index in [4.69, 9.17) is 4.74 Å². The molecule has 146 valence electrons. The number of nitrogens with one attached hydrogen (secondary N) is 2. The number of methoxy groups -OCH3 is 1. The molecule has 1 aliphatic heterocycles. The molecule has 0 aliphatic carbocycles. The van der Waals surface area contributed by atoms with Crippen molar-refractivity contribution < 1.29 is 9.13 Å². The molecule has 1 unspecified atom stereocenters. The number of benzene rings is 1. The van der Waals surface area contributed by atoms with Gasteiger partial charge in [-0.3, -0.25) is 9.89 Å². The summed E-state index contributed by atoms with van der Waals surface area (Å²) in [6.07, 6.45) is 3.50. The van der Waals surface area contributed by atoms with Crippen LogP contribution in [-0.2, 0) is 4.74 Å². The zero-order valence-electron chi connectivity index (χ0n) is 15.8. The summed E-state index contributed by atoms with van der Waals surface area (Å²) in [4.78, 5) is 7.90. The summed E-state index contributed by atoms with van der Waals surface area (Å²) in [5, 5.41) is 6.81. The molecule has 2 rings (SSSR count). The Bertz CT molecular complexity index is 541. The Balaban J connectivity index is 1.59. The third-order valence-corrected chi connectivity index (χ3v) is 5.60. The van der Waals surface area contributed by atoms with E-state index in [0.717, 1.165) is 55.8 Å². The number of ether oxygens (including phenoxy) is 1. The van der Waals surface area contributed by atoms with E-state index >= 15 is 0 Å². The fraction of sp³-hybridized carbons (Fsp3) is 0.632. The lowest BCUT2D eigenvalue weighted by molar-refractivity contribution is 0.141. The number of hydrogen-bond donors (Lipinski definition) is 2. The monoisotopic (exact) mass is 382 g/mol. The van der Waals surface area contributed by atoms with Gasteiger partial charge in [-0.15, -0.1) is 11.8 Å². The Morgan fingerprint density at radius 3 is 2.88 bits per heavy atom. The van der Waals surface area contributed by atoms with Crippen LogP contribution in [0.1, 0.15) is 19.3 Å². The summed E-state index contributed by atoms with van der Waals surface area (Å²) in [6.45, 7) is 4.71. The smallest absolute Gasteiger partial charge is 0.191 e. The van der Waals surface area contributed by atoms with Crippen molar-refractivity contribution >= 4 is 17.7 Å². The minimum Gasteiger partial charge on any atom is -0.383 e. The number of aliphatic imine (C=N–C) groups is 1. The first-order valence-electron chi connectivity index (χ1n) is 9.29. The van der Waals surface area contributed by atoms with Gasteiger partial charge < -0.3 is 15.4 Å². The lowest BCUT2D eigenvalue weighted by Gasteiger charge is -2.25. The van der Waals surface area contributed by atoms with Crippen molar-refractivity contribution in [2.24, 2.45) is 4.99 Å². The van der Waals surface area contributed by atoms with Gasteiger partial charge in [0.1, 0.15) is 5.82 Å². The highest BCUT2D eigenvalue weighted by Gasteiger charge is 2.23. The lowest BCUT2D eigenvalue weighted by Crippen LogP contribution is -2.45. The molecule has 1 aliphatic rings. The minimum absolute atomic E-state index is 0.186. The largest absolute Gasteiger partial charge is 0.383 e. The SMILES string of the molecule is CN=C(NCCCSc1ccc(F)cc1)NCC1CCCN1CCOC. The second-order valence-electron chi connectivity index (χ2n) is 6.36. The molecule has 1 saturated heterocycles. The first-order chi connectivity index (χ1) is 12.7. The Kier molecular flexibility index (Phi) is 9.81. The second kappa shape index (κ2) is 12.1. The van der Waals surface area contributed by atoms with E-state index in [1.807, 2.05) is 12.1 Å². The Hall–Kier alpha value is -1.31. The summed E-state index contributed by atoms with van der Waals surface area (Å²) in [5.74, 6) is 1.66. The maximum atomic E-state index is 12.9. The van der Waals surface area contributed by atoms with Crippen LogP contribution in [0.4, 0.5) is 4.39 Å². The molecule has 1 atom stereocenters. The Morgan fingerprint density at radius 2 is 2.15 bits per heavy atom. The van der Waals surface area contributed by atoms with Gasteiger partial charge >= 0.3 is 0 Å². The van der Waals surface area contributed by atoms with Crippen LogP contribution in [0.5, 0.6) is 0 Å². The van der Waals surface area contributed by atoms with Gasteiger partial charge in [-0.2, -0.15) is 0 Å². The maximum Gasteiger partial charge on any atom is 0.191 e. The lowest BCUT2D eigenvalue weighted by atomic mass is 10.2. The summed E-state index contributed by atoms with van der Waals surface area (Å²) in [6, 6.07) is 7.21. The Labute approximate surface area is 160 Å². The molecule has 0 spiro atoms. The standard InChI is InChI=1S/C19H31FN4OS/c1-21-19(23-15-17-5-3-11-24(17)12-13-25-2)22-10-4-14-26-18-8-6-16(20)7-9-18/h6-9,17H,3-5,10-15H2,1-2H3,(H2,21,22,23). The molecular weight excluding hydrogens is 351 g/mol. The maximum absolute atomic E-state index is 12.9. The van der Waals surface area contributed by atoms with Crippen LogP contribution in [0.2, 0.25) is 0 Å². The van der Waals surface area contributed by atoms with Gasteiger partial charge in [0.15, 0.2) is 5.96 Å². The van der Waals surface area contributed by atoms with Crippen LogP contribution >= 0.6 is 11.8 Å². The van der Waals surface area contributed by atoms with Gasteiger partial charge in [-0.1, -0.05) is 0 Å². The van der Waals surface area contributed by atoms with Gasteiger partial charge in [-0.05, 0) is 55.8 Å². The highest BCUT2D eigenvalue weighted by molar-refractivity contribution is 7.99. The summed E-state index contributed by atoms with van der Waals surface area (Å²) < 4.78 is 18.1. The van der Waals surface area contributed by atoms with Gasteiger partial charge in [0, 0.05) is 44.7 Å². The fourth-order valence-corrected chi connectivity index (χ4v) is 3.92. The zero-order valence-corrected chi connectivity index (χ0v) is 16.7. The normalized spacial score (nSPS) is 18.3. The third-order valence-electron chi connectivity index (χ3n) is 4.51. The summed E-state index contributed by atoms with van der Waals surface area (Å²) in [7, 11) is 3.56. The molecule has 7 heteroatoms. The van der Waals surface area contributed by atoms with Crippen molar-refractivity contribution in [2.75, 3.05) is 52.7 Å². The van der Waals surface area contributed by atoms with Crippen LogP contribution in [-0.4, -0.2) is 69.6 Å². The second-order valence-corrected chi connectivity index (χ2v) is 7.53. The third kappa shape index (κ3) is 7.51. The summed E-state index contributed by atoms with van der Waals surface area (Å²) >= 11 is 1.74. The highest BCUT2D eigenvalue weighted by Crippen LogP contribution is 2.18. The van der Waals surface area contributed by atoms with Gasteiger partial charge in [-0.25, -0.2) is 4.39 Å². The first kappa shape index (κ1) is 21.0. The molecule has 0 bridgehead atoms. The van der Waals surface area contributed by atoms with E-state index in [0.29, 0.717) is 6.04 Å². The topological polar surface area (TPSA) is 48.9 Å². The number of halogens is 1. The number of nitrogens with zero attached hydrogens (tertiary/aromatic N) is 2. The predicted octanol–water partition coefficient (Wildman–Crippen LogP) is 2.58. The van der Waals surface area contributed by atoms with Gasteiger partial charge in [0.05, 0.1) is 6.61 Å². The van der Waals surface area contributed by atoms with E-state index in [2.05, 4.69) is 20.5 Å². The molecule has 1 fully saturated rings. The first-order valence-corrected chi connectivity index (χ1v) is 10.3. The average Bonchev–Trinajstić information content (AvgIpc) is 3.11. The van der Waals surface area contributed by atoms with E-state index in [9.17, 15) is 4.39 Å². The van der Waals surface area contributed by atoms with Crippen molar-refractivity contribution in [3.8, 4) is 0 Å². The molecule has 0 amide bonds. The molecule has 1 aromatic carbocycles. The van der Waals surface area contributed by atoms with E-state index in [1.165, 1.54) is 25.0 Å². The molecule has 0 saturated carbocycles. The quantitative estimate of drug-likeness (QED) is 0.282. The number of likely N-dealkylation sites (tertiary alicyclic amines) is 1. The van der Waals surface area contributed by atoms with Crippen molar-refractivity contribution in [3.63, 3.8) is 0 Å². The fourth-order valence-electron chi connectivity index (χ4n) is 3.06. The molecule has 0 radical (unpaired) electrons. The number of rotatable bonds is 10. The predicted molar refractivity (Wildman–Crippen MR) is 108 cm³/mol. The molecular formula is C19H31FN4OS. The summed E-state index contributed by atoms with van der Waals surface area (Å²) in [5.41, 5.74) is 0. The Morgan fingerprint density at radius 1 is 1.35 bits per heavy atom. The number of thioether (sulfide) groups is 1. The van der Waals surface area contributed by atoms with Crippen molar-refractivity contribution in [3.05, 3.63) is 30.1 Å². The average molecular weight is 383 g/mol. The van der Waals surface area contributed by atoms with Crippen LogP contribution < -0.4 is 10.6 Å². The molecule has 0 aromatic heterocycles. The van der Waals surface area contributed by atoms with Crippen LogP contribution in [0, 0.1) is 5.82 Å². The molecule has 26 heavy (non-hydrogen) atoms. The molecule has 2 N–H and O–H groups in total. The van der Waals surface area contributed by atoms with Crippen molar-refractivity contribution in [1.29, 1.82) is 0 Å². The molecule has 1 heterocycles. The van der Waals surface area contributed by atoms with E-state index in [-0.39, 0.29) is 5.82 Å². The van der Waals surface area contributed by atoms with Gasteiger partial charge in [0.2, 0.25) is 0 Å². The van der Waals surface area contributed by atoms with E-state index < -0.39 is 0 Å². The van der Waals surface area contributed by atoms with Crippen LogP contribution in [0.3, 0.4) is 0 Å². The van der Waals surface area contributed by atoms with E-state index in [1.54, 1.807) is 25.9 Å². The molecule has 5 nitrogen and oxygen atoms in total. The molecule has 1 aromatic rings. The highest BCUT2D eigenvalue weighted by atomic mass is 32.2. The van der Waals surface area contributed by atoms with Gasteiger partial charge in [0.25, 0.3) is 0 Å². The van der Waals surface area contributed by atoms with Crippen LogP contribution in [0.15, 0.2) is 34.2 Å². The van der Waals surface area contributed by atoms with Crippen LogP contribution in [0.25, 0.3) is 0 Å². The zero-order chi connectivity index (χ0) is 18.6. The number of guanidine groups is 1. The van der Waals surface area contributed by atoms with Crippen molar-refractivity contribution in [1.82, 2.24) is 15.5 Å². The minimum atomic E-state index is -0.186. The number of hydrogen-bond acceptors (Lipinski definition) is 4. The van der Waals surface area contributed by atoms with Crippen molar-refractivity contribution in [2.45, 2.75) is 30.2 Å².